The molecule has 1 fully saturated rings. The average molecular weight is 335 g/mol. The molecule has 0 spiro atoms. The lowest BCUT2D eigenvalue weighted by molar-refractivity contribution is -0.132. The highest BCUT2D eigenvalue weighted by molar-refractivity contribution is 6.07. The van der Waals surface area contributed by atoms with Gasteiger partial charge in [-0.3, -0.25) is 9.69 Å². The molecular formula is C20H21N3O2. The summed E-state index contributed by atoms with van der Waals surface area (Å²) >= 11 is 0. The van der Waals surface area contributed by atoms with E-state index < -0.39 is 5.54 Å². The maximum atomic E-state index is 13.0. The van der Waals surface area contributed by atoms with Crippen molar-refractivity contribution >= 4 is 11.9 Å². The SMILES string of the molecule is CC1(c2ccccc2)NC(=O)N(CN2CCc3ccccc3C2)C1=O. The van der Waals surface area contributed by atoms with E-state index in [1.807, 2.05) is 36.4 Å². The molecule has 0 bridgehead atoms. The van der Waals surface area contributed by atoms with Gasteiger partial charge in [-0.05, 0) is 30.0 Å². The first-order chi connectivity index (χ1) is 12.1. The molecule has 2 aliphatic heterocycles. The molecule has 0 saturated carbocycles. The van der Waals surface area contributed by atoms with E-state index in [4.69, 9.17) is 0 Å². The number of benzene rings is 2. The molecular weight excluding hydrogens is 314 g/mol. The third kappa shape index (κ3) is 2.70. The van der Waals surface area contributed by atoms with E-state index in [-0.39, 0.29) is 11.9 Å². The second-order valence-electron chi connectivity index (χ2n) is 6.87. The van der Waals surface area contributed by atoms with Crippen LogP contribution in [0.2, 0.25) is 0 Å². The fourth-order valence-corrected chi connectivity index (χ4v) is 3.67. The van der Waals surface area contributed by atoms with Gasteiger partial charge in [0.15, 0.2) is 0 Å². The van der Waals surface area contributed by atoms with Gasteiger partial charge in [-0.1, -0.05) is 54.6 Å². The predicted octanol–water partition coefficient (Wildman–Crippen LogP) is 2.47. The van der Waals surface area contributed by atoms with E-state index in [0.717, 1.165) is 25.1 Å². The van der Waals surface area contributed by atoms with Gasteiger partial charge in [0.05, 0.1) is 6.67 Å². The smallest absolute Gasteiger partial charge is 0.319 e. The fraction of sp³-hybridized carbons (Fsp3) is 0.300. The molecule has 1 N–H and O–H groups in total. The van der Waals surface area contributed by atoms with Crippen LogP contribution in [0.15, 0.2) is 54.6 Å². The highest BCUT2D eigenvalue weighted by Crippen LogP contribution is 2.29. The number of rotatable bonds is 3. The number of carbonyl (C=O) groups is 2. The molecule has 2 aromatic rings. The lowest BCUT2D eigenvalue weighted by Gasteiger charge is -2.31. The van der Waals surface area contributed by atoms with Gasteiger partial charge in [-0.2, -0.15) is 0 Å². The van der Waals surface area contributed by atoms with Gasteiger partial charge in [0.25, 0.3) is 5.91 Å². The first-order valence-electron chi connectivity index (χ1n) is 8.57. The number of amides is 3. The van der Waals surface area contributed by atoms with Crippen LogP contribution in [0.1, 0.15) is 23.6 Å². The molecule has 3 amide bonds. The molecule has 25 heavy (non-hydrogen) atoms. The van der Waals surface area contributed by atoms with E-state index in [2.05, 4.69) is 28.4 Å². The third-order valence-electron chi connectivity index (χ3n) is 5.18. The second kappa shape index (κ2) is 6.01. The van der Waals surface area contributed by atoms with Gasteiger partial charge in [0.2, 0.25) is 0 Å². The van der Waals surface area contributed by atoms with Crippen LogP contribution in [0.4, 0.5) is 4.79 Å². The quantitative estimate of drug-likeness (QED) is 0.877. The molecule has 0 aliphatic carbocycles. The lowest BCUT2D eigenvalue weighted by Crippen LogP contribution is -2.45. The summed E-state index contributed by atoms with van der Waals surface area (Å²) in [6, 6.07) is 17.4. The molecule has 1 atom stereocenters. The zero-order chi connectivity index (χ0) is 17.4. The number of urea groups is 1. The summed E-state index contributed by atoms with van der Waals surface area (Å²) in [7, 11) is 0. The first kappa shape index (κ1) is 15.8. The Kier molecular flexibility index (Phi) is 3.81. The molecule has 128 valence electrons. The summed E-state index contributed by atoms with van der Waals surface area (Å²) in [5, 5.41) is 2.87. The van der Waals surface area contributed by atoms with Gasteiger partial charge < -0.3 is 5.32 Å². The van der Waals surface area contributed by atoms with Gasteiger partial charge in [0, 0.05) is 13.1 Å². The third-order valence-corrected chi connectivity index (χ3v) is 5.18. The minimum atomic E-state index is -0.994. The van der Waals surface area contributed by atoms with E-state index in [1.54, 1.807) is 6.92 Å². The summed E-state index contributed by atoms with van der Waals surface area (Å²) in [4.78, 5) is 28.9. The van der Waals surface area contributed by atoms with Crippen LogP contribution in [-0.2, 0) is 23.3 Å². The van der Waals surface area contributed by atoms with Crippen LogP contribution in [-0.4, -0.2) is 35.0 Å². The molecule has 2 aliphatic rings. The normalized spacial score (nSPS) is 23.5. The van der Waals surface area contributed by atoms with Gasteiger partial charge in [-0.15, -0.1) is 0 Å². The molecule has 1 unspecified atom stereocenters. The van der Waals surface area contributed by atoms with Crippen molar-refractivity contribution in [3.05, 3.63) is 71.3 Å². The first-order valence-corrected chi connectivity index (χ1v) is 8.57. The molecule has 4 rings (SSSR count). The number of fused-ring (bicyclic) bond motifs is 1. The Hall–Kier alpha value is -2.66. The summed E-state index contributed by atoms with van der Waals surface area (Å²) < 4.78 is 0. The molecule has 2 heterocycles. The van der Waals surface area contributed by atoms with Crippen LogP contribution < -0.4 is 5.32 Å². The van der Waals surface area contributed by atoms with Crippen LogP contribution in [0, 0.1) is 0 Å². The van der Waals surface area contributed by atoms with Crippen LogP contribution >= 0.6 is 0 Å². The number of hydrogen-bond acceptors (Lipinski definition) is 3. The highest BCUT2D eigenvalue weighted by Gasteiger charge is 2.49. The number of nitrogens with one attached hydrogen (secondary N) is 1. The molecule has 0 aromatic heterocycles. The predicted molar refractivity (Wildman–Crippen MR) is 94.6 cm³/mol. The van der Waals surface area contributed by atoms with Gasteiger partial charge in [-0.25, -0.2) is 9.69 Å². The summed E-state index contributed by atoms with van der Waals surface area (Å²) in [6.07, 6.45) is 0.940. The van der Waals surface area contributed by atoms with Crippen molar-refractivity contribution in [1.82, 2.24) is 15.1 Å². The minimum Gasteiger partial charge on any atom is -0.319 e. The van der Waals surface area contributed by atoms with Crippen molar-refractivity contribution in [2.75, 3.05) is 13.2 Å². The van der Waals surface area contributed by atoms with Crippen molar-refractivity contribution in [1.29, 1.82) is 0 Å². The van der Waals surface area contributed by atoms with Crippen molar-refractivity contribution < 1.29 is 9.59 Å². The Labute approximate surface area is 147 Å². The largest absolute Gasteiger partial charge is 0.326 e. The summed E-state index contributed by atoms with van der Waals surface area (Å²) in [5.41, 5.74) is 2.43. The number of nitrogens with zero attached hydrogens (tertiary/aromatic N) is 2. The lowest BCUT2D eigenvalue weighted by atomic mass is 9.92. The fourth-order valence-electron chi connectivity index (χ4n) is 3.67. The molecule has 5 heteroatoms. The average Bonchev–Trinajstić information content (AvgIpc) is 2.86. The topological polar surface area (TPSA) is 52.7 Å². The monoisotopic (exact) mass is 335 g/mol. The standard InChI is InChI=1S/C20H21N3O2/c1-20(17-9-3-2-4-10-17)18(24)23(19(25)21-20)14-22-12-11-15-7-5-6-8-16(15)13-22/h2-10H,11-14H2,1H3,(H,21,25). The van der Waals surface area contributed by atoms with Gasteiger partial charge >= 0.3 is 6.03 Å². The Morgan fingerprint density at radius 3 is 2.44 bits per heavy atom. The van der Waals surface area contributed by atoms with Crippen LogP contribution in [0.3, 0.4) is 0 Å². The molecule has 1 saturated heterocycles. The number of imide groups is 1. The van der Waals surface area contributed by atoms with Crippen molar-refractivity contribution in [2.24, 2.45) is 0 Å². The maximum absolute atomic E-state index is 13.0. The highest BCUT2D eigenvalue weighted by atomic mass is 16.2. The summed E-state index contributed by atoms with van der Waals surface area (Å²) in [6.45, 7) is 3.70. The second-order valence-corrected chi connectivity index (χ2v) is 6.87. The molecule has 2 aromatic carbocycles. The maximum Gasteiger partial charge on any atom is 0.326 e. The zero-order valence-electron chi connectivity index (χ0n) is 14.2. The number of carbonyl (C=O) groups excluding carboxylic acids is 2. The molecule has 5 nitrogen and oxygen atoms in total. The Morgan fingerprint density at radius 1 is 1.00 bits per heavy atom. The minimum absolute atomic E-state index is 0.192. The number of hydrogen-bond donors (Lipinski definition) is 1. The Balaban J connectivity index is 1.52. The molecule has 0 radical (unpaired) electrons. The Bertz CT molecular complexity index is 821. The van der Waals surface area contributed by atoms with Crippen LogP contribution in [0.25, 0.3) is 0 Å². The van der Waals surface area contributed by atoms with E-state index in [1.165, 1.54) is 16.0 Å². The van der Waals surface area contributed by atoms with Gasteiger partial charge in [0.1, 0.15) is 5.54 Å². The van der Waals surface area contributed by atoms with E-state index in [0.29, 0.717) is 6.67 Å². The summed E-state index contributed by atoms with van der Waals surface area (Å²) in [5.74, 6) is -0.192. The van der Waals surface area contributed by atoms with Crippen molar-refractivity contribution in [3.63, 3.8) is 0 Å². The Morgan fingerprint density at radius 2 is 1.68 bits per heavy atom. The van der Waals surface area contributed by atoms with Crippen molar-refractivity contribution in [2.45, 2.75) is 25.4 Å². The van der Waals surface area contributed by atoms with E-state index >= 15 is 0 Å². The van der Waals surface area contributed by atoms with Crippen LogP contribution in [0.5, 0.6) is 0 Å². The van der Waals surface area contributed by atoms with Crippen molar-refractivity contribution in [3.8, 4) is 0 Å². The zero-order valence-corrected chi connectivity index (χ0v) is 14.2. The van der Waals surface area contributed by atoms with E-state index in [9.17, 15) is 9.59 Å².